The number of amides is 2. The molecule has 0 bridgehead atoms. The quantitative estimate of drug-likeness (QED) is 0.221. The van der Waals surface area contributed by atoms with Crippen LogP contribution >= 0.6 is 37.2 Å². The van der Waals surface area contributed by atoms with Gasteiger partial charge in [0.15, 0.2) is 0 Å². The van der Waals surface area contributed by atoms with Gasteiger partial charge in [0.05, 0.1) is 18.0 Å². The minimum absolute atomic E-state index is 0. The number of nitrogens with zero attached hydrogens (tertiary/aromatic N) is 5. The van der Waals surface area contributed by atoms with Gasteiger partial charge in [0.2, 0.25) is 11.8 Å². The van der Waals surface area contributed by atoms with Crippen LogP contribution in [0.3, 0.4) is 0 Å². The number of rotatable bonds is 10. The minimum atomic E-state index is -1.13. The van der Waals surface area contributed by atoms with Gasteiger partial charge in [-0.05, 0) is 74.7 Å². The molecule has 0 saturated heterocycles. The lowest BCUT2D eigenvalue weighted by molar-refractivity contribution is -0.137. The summed E-state index contributed by atoms with van der Waals surface area (Å²) in [5.74, 6) is 0.258. The fourth-order valence-corrected chi connectivity index (χ4v) is 4.66. The summed E-state index contributed by atoms with van der Waals surface area (Å²) in [6.45, 7) is 8.78. The number of hydrogen-bond acceptors (Lipinski definition) is 6. The van der Waals surface area contributed by atoms with E-state index in [0.29, 0.717) is 24.6 Å². The Labute approximate surface area is 255 Å². The van der Waals surface area contributed by atoms with Gasteiger partial charge < -0.3 is 14.5 Å². The Bertz CT molecular complexity index is 1190. The predicted octanol–water partition coefficient (Wildman–Crippen LogP) is 5.57. The van der Waals surface area contributed by atoms with Gasteiger partial charge in [-0.1, -0.05) is 0 Å². The van der Waals surface area contributed by atoms with Crippen molar-refractivity contribution in [3.8, 4) is 5.75 Å². The molecule has 0 fully saturated rings. The Hall–Kier alpha value is -2.91. The molecule has 0 unspecified atom stereocenters. The van der Waals surface area contributed by atoms with Gasteiger partial charge in [0.1, 0.15) is 11.2 Å². The molecule has 4 rings (SSSR count). The summed E-state index contributed by atoms with van der Waals surface area (Å²) in [7, 11) is 1.72. The molecule has 1 aliphatic heterocycles. The molecule has 0 aliphatic carbocycles. The number of hydrogen-bond donors (Lipinski definition) is 0. The molecule has 0 saturated carbocycles. The smallest absolute Gasteiger partial charge is 0.242 e. The number of aromatic nitrogens is 2. The number of benzene rings is 1. The highest BCUT2D eigenvalue weighted by Crippen LogP contribution is 2.40. The molecule has 1 aliphatic rings. The Kier molecular flexibility index (Phi) is 13.8. The zero-order valence-electron chi connectivity index (χ0n) is 23.3. The average Bonchev–Trinajstić information content (AvgIpc) is 2.96. The lowest BCUT2D eigenvalue weighted by Crippen LogP contribution is -2.47. The molecule has 3 heterocycles. The zero-order chi connectivity index (χ0) is 26.4. The summed E-state index contributed by atoms with van der Waals surface area (Å²) >= 11 is 0. The van der Waals surface area contributed by atoms with Gasteiger partial charge in [-0.3, -0.25) is 24.5 Å². The Morgan fingerprint density at radius 1 is 0.825 bits per heavy atom. The van der Waals surface area contributed by atoms with E-state index in [4.69, 9.17) is 4.74 Å². The highest BCUT2D eigenvalue weighted by molar-refractivity contribution is 6.20. The van der Waals surface area contributed by atoms with Crippen LogP contribution in [0, 0.1) is 5.41 Å². The first-order valence-electron chi connectivity index (χ1n) is 12.7. The van der Waals surface area contributed by atoms with Gasteiger partial charge in [0, 0.05) is 64.1 Å². The number of fused-ring (bicyclic) bond motifs is 1. The molecule has 3 aromatic rings. The largest absolute Gasteiger partial charge is 0.493 e. The van der Waals surface area contributed by atoms with Gasteiger partial charge in [-0.15, -0.1) is 37.2 Å². The van der Waals surface area contributed by atoms with E-state index >= 15 is 0 Å². The maximum Gasteiger partial charge on any atom is 0.242 e. The summed E-state index contributed by atoms with van der Waals surface area (Å²) in [6, 6.07) is 13.7. The maximum atomic E-state index is 13.1. The summed E-state index contributed by atoms with van der Waals surface area (Å²) in [4.78, 5) is 40.0. The number of carbonyl (C=O) groups is 2. The van der Waals surface area contributed by atoms with E-state index in [0.717, 1.165) is 31.7 Å². The molecule has 2 aromatic heterocycles. The second-order valence-corrected chi connectivity index (χ2v) is 9.81. The van der Waals surface area contributed by atoms with Crippen LogP contribution in [0.1, 0.15) is 38.3 Å². The predicted molar refractivity (Wildman–Crippen MR) is 166 cm³/mol. The third-order valence-corrected chi connectivity index (χ3v) is 6.73. The van der Waals surface area contributed by atoms with Crippen molar-refractivity contribution in [2.24, 2.45) is 5.41 Å². The fourth-order valence-electron chi connectivity index (χ4n) is 4.66. The van der Waals surface area contributed by atoms with E-state index < -0.39 is 5.41 Å². The first-order chi connectivity index (χ1) is 17.8. The molecule has 0 radical (unpaired) electrons. The monoisotopic (exact) mass is 609 g/mol. The van der Waals surface area contributed by atoms with Crippen LogP contribution in [0.4, 0.5) is 11.4 Å². The van der Waals surface area contributed by atoms with Crippen LogP contribution in [0.2, 0.25) is 0 Å². The number of halogens is 3. The normalized spacial score (nSPS) is 13.9. The van der Waals surface area contributed by atoms with Crippen LogP contribution in [0.5, 0.6) is 5.75 Å². The van der Waals surface area contributed by atoms with Gasteiger partial charge in [0.25, 0.3) is 0 Å². The van der Waals surface area contributed by atoms with Crippen LogP contribution in [0.25, 0.3) is 0 Å². The summed E-state index contributed by atoms with van der Waals surface area (Å²) in [5.41, 5.74) is 2.70. The number of anilines is 2. The molecule has 8 nitrogen and oxygen atoms in total. The SMILES string of the molecule is CCN1C(=O)C(C)(C)C(=O)N(C)c2cc(OCCCN(Cc3ccncc3)Cc3ccncc3)ccc21.Cl.Cl.Cl. The second kappa shape index (κ2) is 15.8. The molecule has 0 atom stereocenters. The molecular formula is C29H38Cl3N5O3. The van der Waals surface area contributed by atoms with Crippen LogP contribution in [-0.2, 0) is 22.7 Å². The first-order valence-corrected chi connectivity index (χ1v) is 12.7. The van der Waals surface area contributed by atoms with E-state index in [9.17, 15) is 9.59 Å². The molecule has 11 heteroatoms. The van der Waals surface area contributed by atoms with E-state index in [1.165, 1.54) is 11.1 Å². The average molecular weight is 611 g/mol. The molecule has 0 N–H and O–H groups in total. The van der Waals surface area contributed by atoms with E-state index in [-0.39, 0.29) is 49.0 Å². The van der Waals surface area contributed by atoms with Crippen LogP contribution in [0.15, 0.2) is 67.3 Å². The number of carbonyl (C=O) groups excluding carboxylic acids is 2. The standard InChI is InChI=1S/C29H35N5O3.3ClH/c1-5-34-25-8-7-24(19-26(25)32(4)27(35)29(2,3)28(34)36)37-18-6-17-33(20-22-9-13-30-14-10-22)21-23-11-15-31-16-12-23;;;/h7-16,19H,5-6,17-18,20-21H2,1-4H3;3*1H. The molecule has 218 valence electrons. The van der Waals surface area contributed by atoms with Crippen molar-refractivity contribution in [3.05, 3.63) is 78.4 Å². The van der Waals surface area contributed by atoms with Crippen molar-refractivity contribution in [3.63, 3.8) is 0 Å². The third kappa shape index (κ3) is 8.07. The van der Waals surface area contributed by atoms with Gasteiger partial charge >= 0.3 is 0 Å². The second-order valence-electron chi connectivity index (χ2n) is 9.81. The van der Waals surface area contributed by atoms with Crippen molar-refractivity contribution >= 4 is 60.4 Å². The van der Waals surface area contributed by atoms with Crippen molar-refractivity contribution in [1.29, 1.82) is 0 Å². The highest BCUT2D eigenvalue weighted by Gasteiger charge is 2.45. The first kappa shape index (κ1) is 35.1. The van der Waals surface area contributed by atoms with Crippen molar-refractivity contribution < 1.29 is 14.3 Å². The third-order valence-electron chi connectivity index (χ3n) is 6.73. The van der Waals surface area contributed by atoms with Crippen molar-refractivity contribution in [2.45, 2.75) is 40.3 Å². The van der Waals surface area contributed by atoms with E-state index in [1.54, 1.807) is 30.7 Å². The lowest BCUT2D eigenvalue weighted by atomic mass is 9.90. The number of ether oxygens (including phenoxy) is 1. The molecule has 2 amide bonds. The van der Waals surface area contributed by atoms with Crippen molar-refractivity contribution in [2.75, 3.05) is 36.5 Å². The lowest BCUT2D eigenvalue weighted by Gasteiger charge is -2.27. The van der Waals surface area contributed by atoms with E-state index in [1.807, 2.05) is 74.2 Å². The Morgan fingerprint density at radius 3 is 1.90 bits per heavy atom. The maximum absolute atomic E-state index is 13.1. The molecule has 40 heavy (non-hydrogen) atoms. The van der Waals surface area contributed by atoms with Gasteiger partial charge in [-0.25, -0.2) is 0 Å². The fraction of sp³-hybridized carbons (Fsp3) is 0.379. The molecular weight excluding hydrogens is 573 g/mol. The molecule has 1 aromatic carbocycles. The highest BCUT2D eigenvalue weighted by atomic mass is 35.5. The van der Waals surface area contributed by atoms with Crippen LogP contribution in [-0.4, -0.2) is 53.4 Å². The minimum Gasteiger partial charge on any atom is -0.493 e. The van der Waals surface area contributed by atoms with Crippen LogP contribution < -0.4 is 14.5 Å². The topological polar surface area (TPSA) is 78.9 Å². The Morgan fingerprint density at radius 2 is 1.38 bits per heavy atom. The summed E-state index contributed by atoms with van der Waals surface area (Å²) in [6.07, 6.45) is 8.10. The summed E-state index contributed by atoms with van der Waals surface area (Å²) < 4.78 is 6.11. The van der Waals surface area contributed by atoms with Gasteiger partial charge in [-0.2, -0.15) is 0 Å². The zero-order valence-corrected chi connectivity index (χ0v) is 25.7. The number of pyridine rings is 2. The van der Waals surface area contributed by atoms with E-state index in [2.05, 4.69) is 14.9 Å². The Balaban J connectivity index is 0.00000267. The molecule has 0 spiro atoms. The van der Waals surface area contributed by atoms with Crippen molar-refractivity contribution in [1.82, 2.24) is 14.9 Å². The summed E-state index contributed by atoms with van der Waals surface area (Å²) in [5, 5.41) is 0.